The molecular weight excluding hydrogens is 200 g/mol. The number of likely N-dealkylation sites (tertiary alicyclic amines) is 1. The lowest BCUT2D eigenvalue weighted by Crippen LogP contribution is -2.41. The summed E-state index contributed by atoms with van der Waals surface area (Å²) in [6.45, 7) is 5.78. The van der Waals surface area contributed by atoms with Gasteiger partial charge in [-0.25, -0.2) is 4.98 Å². The highest BCUT2D eigenvalue weighted by atomic mass is 15.2. The highest BCUT2D eigenvalue weighted by molar-refractivity contribution is 5.25. The molecule has 4 heteroatoms. The van der Waals surface area contributed by atoms with Crippen molar-refractivity contribution in [3.63, 3.8) is 0 Å². The second-order valence-electron chi connectivity index (χ2n) is 4.69. The molecule has 0 bridgehead atoms. The van der Waals surface area contributed by atoms with Crippen molar-refractivity contribution in [3.8, 4) is 0 Å². The van der Waals surface area contributed by atoms with E-state index in [1.165, 1.54) is 32.4 Å². The van der Waals surface area contributed by atoms with E-state index in [0.717, 1.165) is 12.5 Å². The lowest BCUT2D eigenvalue weighted by atomic mass is 10.1. The molecule has 2 heterocycles. The Bertz CT molecular complexity index is 315. The molecule has 1 aromatic rings. The minimum atomic E-state index is 0.594. The van der Waals surface area contributed by atoms with Gasteiger partial charge in [-0.15, -0.1) is 0 Å². The van der Waals surface area contributed by atoms with Gasteiger partial charge in [-0.05, 0) is 32.9 Å². The van der Waals surface area contributed by atoms with Crippen molar-refractivity contribution < 1.29 is 0 Å². The Morgan fingerprint density at radius 1 is 1.38 bits per heavy atom. The maximum absolute atomic E-state index is 4.27. The van der Waals surface area contributed by atoms with Crippen LogP contribution < -0.4 is 5.32 Å². The summed E-state index contributed by atoms with van der Waals surface area (Å²) in [5.74, 6) is 0.962. The van der Waals surface area contributed by atoms with E-state index in [4.69, 9.17) is 0 Å². The largest absolute Gasteiger partial charge is 0.354 e. The molecule has 0 spiro atoms. The average Bonchev–Trinajstić information content (AvgIpc) is 2.73. The molecular formula is C12H22N4. The van der Waals surface area contributed by atoms with Crippen LogP contribution in [0, 0.1) is 0 Å². The monoisotopic (exact) mass is 222 g/mol. The predicted octanol–water partition coefficient (Wildman–Crippen LogP) is 1.71. The van der Waals surface area contributed by atoms with Gasteiger partial charge in [0.05, 0.1) is 0 Å². The molecule has 1 fully saturated rings. The van der Waals surface area contributed by atoms with E-state index in [1.807, 2.05) is 24.0 Å². The number of imidazole rings is 1. The third-order valence-corrected chi connectivity index (χ3v) is 3.39. The number of hydrogen-bond donors (Lipinski definition) is 1. The van der Waals surface area contributed by atoms with Crippen molar-refractivity contribution in [1.29, 1.82) is 0 Å². The van der Waals surface area contributed by atoms with Gasteiger partial charge in [0.15, 0.2) is 0 Å². The standard InChI is InChI=1S/C12H22N4/c1-11(16-7-4-3-5-8-16)10-14-12-13-6-9-15(12)2/h6,9,11H,3-5,7-8,10H2,1-2H3,(H,13,14). The lowest BCUT2D eigenvalue weighted by Gasteiger charge is -2.32. The van der Waals surface area contributed by atoms with Gasteiger partial charge in [-0.2, -0.15) is 0 Å². The van der Waals surface area contributed by atoms with Crippen LogP contribution in [0.3, 0.4) is 0 Å². The summed E-state index contributed by atoms with van der Waals surface area (Å²) in [4.78, 5) is 6.84. The molecule has 0 saturated carbocycles. The SMILES string of the molecule is CC(CNc1nccn1C)N1CCCCC1. The first-order chi connectivity index (χ1) is 7.77. The van der Waals surface area contributed by atoms with Crippen LogP contribution in [0.1, 0.15) is 26.2 Å². The van der Waals surface area contributed by atoms with Crippen LogP contribution in [0.25, 0.3) is 0 Å². The summed E-state index contributed by atoms with van der Waals surface area (Å²) in [6.07, 6.45) is 7.90. The Morgan fingerprint density at radius 2 is 2.12 bits per heavy atom. The Hall–Kier alpha value is -1.03. The van der Waals surface area contributed by atoms with Gasteiger partial charge in [-0.3, -0.25) is 4.90 Å². The molecule has 4 nitrogen and oxygen atoms in total. The fourth-order valence-electron chi connectivity index (χ4n) is 2.26. The van der Waals surface area contributed by atoms with E-state index in [1.54, 1.807) is 0 Å². The summed E-state index contributed by atoms with van der Waals surface area (Å²) >= 11 is 0. The first-order valence-electron chi connectivity index (χ1n) is 6.22. The van der Waals surface area contributed by atoms with Crippen molar-refractivity contribution in [2.24, 2.45) is 7.05 Å². The fraction of sp³-hybridized carbons (Fsp3) is 0.750. The van der Waals surface area contributed by atoms with E-state index >= 15 is 0 Å². The van der Waals surface area contributed by atoms with E-state index in [0.29, 0.717) is 6.04 Å². The van der Waals surface area contributed by atoms with Crippen molar-refractivity contribution in [1.82, 2.24) is 14.5 Å². The van der Waals surface area contributed by atoms with E-state index < -0.39 is 0 Å². The van der Waals surface area contributed by atoms with Crippen molar-refractivity contribution in [2.75, 3.05) is 25.0 Å². The highest BCUT2D eigenvalue weighted by Crippen LogP contribution is 2.12. The summed E-state index contributed by atoms with van der Waals surface area (Å²) in [5, 5.41) is 3.40. The molecule has 0 aromatic carbocycles. The highest BCUT2D eigenvalue weighted by Gasteiger charge is 2.16. The van der Waals surface area contributed by atoms with Crippen molar-refractivity contribution in [3.05, 3.63) is 12.4 Å². The van der Waals surface area contributed by atoms with E-state index in [9.17, 15) is 0 Å². The quantitative estimate of drug-likeness (QED) is 0.842. The zero-order chi connectivity index (χ0) is 11.4. The third kappa shape index (κ3) is 2.76. The number of aromatic nitrogens is 2. The number of hydrogen-bond acceptors (Lipinski definition) is 3. The zero-order valence-electron chi connectivity index (χ0n) is 10.3. The molecule has 0 amide bonds. The number of aryl methyl sites for hydroxylation is 1. The molecule has 1 unspecified atom stereocenters. The van der Waals surface area contributed by atoms with Gasteiger partial charge in [0.2, 0.25) is 5.95 Å². The molecule has 1 N–H and O–H groups in total. The molecule has 1 aliphatic rings. The van der Waals surface area contributed by atoms with Crippen molar-refractivity contribution >= 4 is 5.95 Å². The van der Waals surface area contributed by atoms with E-state index in [-0.39, 0.29) is 0 Å². The smallest absolute Gasteiger partial charge is 0.202 e. The van der Waals surface area contributed by atoms with Gasteiger partial charge < -0.3 is 9.88 Å². The van der Waals surface area contributed by atoms with Gasteiger partial charge in [0.1, 0.15) is 0 Å². The van der Waals surface area contributed by atoms with Crippen LogP contribution in [-0.4, -0.2) is 40.1 Å². The minimum absolute atomic E-state index is 0.594. The number of rotatable bonds is 4. The van der Waals surface area contributed by atoms with Crippen LogP contribution >= 0.6 is 0 Å². The Balaban J connectivity index is 1.78. The number of piperidine rings is 1. The van der Waals surface area contributed by atoms with Crippen LogP contribution in [0.2, 0.25) is 0 Å². The Morgan fingerprint density at radius 3 is 2.75 bits per heavy atom. The Labute approximate surface area is 97.7 Å². The molecule has 90 valence electrons. The summed E-state index contributed by atoms with van der Waals surface area (Å²) in [6, 6.07) is 0.594. The average molecular weight is 222 g/mol. The summed E-state index contributed by atoms with van der Waals surface area (Å²) in [5.41, 5.74) is 0. The van der Waals surface area contributed by atoms with Crippen LogP contribution in [0.15, 0.2) is 12.4 Å². The van der Waals surface area contributed by atoms with Gasteiger partial charge in [0.25, 0.3) is 0 Å². The third-order valence-electron chi connectivity index (χ3n) is 3.39. The maximum Gasteiger partial charge on any atom is 0.202 e. The number of nitrogens with zero attached hydrogens (tertiary/aromatic N) is 3. The lowest BCUT2D eigenvalue weighted by molar-refractivity contribution is 0.180. The Kier molecular flexibility index (Phi) is 3.83. The van der Waals surface area contributed by atoms with E-state index in [2.05, 4.69) is 22.1 Å². The normalized spacial score (nSPS) is 19.6. The summed E-state index contributed by atoms with van der Waals surface area (Å²) < 4.78 is 2.02. The molecule has 0 radical (unpaired) electrons. The van der Waals surface area contributed by atoms with Crippen molar-refractivity contribution in [2.45, 2.75) is 32.2 Å². The molecule has 0 aliphatic carbocycles. The maximum atomic E-state index is 4.27. The van der Waals surface area contributed by atoms with Gasteiger partial charge in [-0.1, -0.05) is 6.42 Å². The molecule has 2 rings (SSSR count). The molecule has 1 aliphatic heterocycles. The second kappa shape index (κ2) is 5.34. The zero-order valence-corrected chi connectivity index (χ0v) is 10.3. The van der Waals surface area contributed by atoms with Crippen LogP contribution in [0.4, 0.5) is 5.95 Å². The van der Waals surface area contributed by atoms with Gasteiger partial charge >= 0.3 is 0 Å². The van der Waals surface area contributed by atoms with Crippen LogP contribution in [0.5, 0.6) is 0 Å². The fourth-order valence-corrected chi connectivity index (χ4v) is 2.26. The first kappa shape index (κ1) is 11.5. The second-order valence-corrected chi connectivity index (χ2v) is 4.69. The van der Waals surface area contributed by atoms with Gasteiger partial charge in [0, 0.05) is 32.0 Å². The predicted molar refractivity (Wildman–Crippen MR) is 66.6 cm³/mol. The molecule has 1 saturated heterocycles. The summed E-state index contributed by atoms with van der Waals surface area (Å²) in [7, 11) is 2.01. The molecule has 1 aromatic heterocycles. The first-order valence-corrected chi connectivity index (χ1v) is 6.22. The topological polar surface area (TPSA) is 33.1 Å². The number of anilines is 1. The minimum Gasteiger partial charge on any atom is -0.354 e. The molecule has 1 atom stereocenters. The number of nitrogens with one attached hydrogen (secondary N) is 1. The molecule has 16 heavy (non-hydrogen) atoms. The van der Waals surface area contributed by atoms with Crippen LogP contribution in [-0.2, 0) is 7.05 Å².